The lowest BCUT2D eigenvalue weighted by atomic mass is 9.89. The number of anilines is 2. The number of halogens is 2. The van der Waals surface area contributed by atoms with E-state index in [0.29, 0.717) is 60.2 Å². The Kier molecular flexibility index (Phi) is 7.61. The average molecular weight is 526 g/mol. The van der Waals surface area contributed by atoms with Crippen LogP contribution in [0.15, 0.2) is 40.3 Å². The molecule has 2 aliphatic heterocycles. The molecule has 9 nitrogen and oxygen atoms in total. The number of hydrogen-bond donors (Lipinski definition) is 1. The molecule has 0 amide bonds. The van der Waals surface area contributed by atoms with Crippen molar-refractivity contribution in [3.8, 4) is 11.9 Å². The van der Waals surface area contributed by atoms with E-state index >= 15 is 0 Å². The van der Waals surface area contributed by atoms with E-state index in [1.807, 2.05) is 18.7 Å². The number of aromatic nitrogens is 3. The first-order chi connectivity index (χ1) is 18.3. The fraction of sp³-hybridized carbons (Fsp3) is 0.556. The number of allylic oxidation sites excluding steroid dienone is 3. The van der Waals surface area contributed by atoms with Gasteiger partial charge in [0.2, 0.25) is 5.88 Å². The van der Waals surface area contributed by atoms with E-state index in [1.165, 1.54) is 12.2 Å². The minimum Gasteiger partial charge on any atom is -0.476 e. The van der Waals surface area contributed by atoms with Gasteiger partial charge in [-0.1, -0.05) is 19.0 Å². The summed E-state index contributed by atoms with van der Waals surface area (Å²) in [5.41, 5.74) is 7.68. The third-order valence-electron chi connectivity index (χ3n) is 7.53. The minimum atomic E-state index is -1.20. The molecule has 2 aromatic rings. The fourth-order valence-electron chi connectivity index (χ4n) is 5.23. The Morgan fingerprint density at radius 3 is 2.76 bits per heavy atom. The van der Waals surface area contributed by atoms with Crippen molar-refractivity contribution < 1.29 is 18.0 Å². The van der Waals surface area contributed by atoms with E-state index < -0.39 is 12.0 Å². The maximum absolute atomic E-state index is 14.4. The Balaban J connectivity index is 1.17. The van der Waals surface area contributed by atoms with Crippen molar-refractivity contribution in [2.45, 2.75) is 51.2 Å². The Hall–Kier alpha value is -3.52. The molecule has 2 aromatic heterocycles. The van der Waals surface area contributed by atoms with Crippen molar-refractivity contribution in [3.63, 3.8) is 0 Å². The van der Waals surface area contributed by atoms with Gasteiger partial charge in [-0.3, -0.25) is 0 Å². The van der Waals surface area contributed by atoms with Crippen LogP contribution in [0, 0.1) is 23.2 Å². The van der Waals surface area contributed by atoms with Crippen LogP contribution in [0.1, 0.15) is 50.4 Å². The normalized spacial score (nSPS) is 24.4. The molecule has 0 radical (unpaired) electrons. The number of nitriles is 1. The minimum absolute atomic E-state index is 0.0504. The lowest BCUT2D eigenvalue weighted by Crippen LogP contribution is -2.35. The maximum atomic E-state index is 14.4. The van der Waals surface area contributed by atoms with Gasteiger partial charge in [0.25, 0.3) is 0 Å². The topological polar surface area (TPSA) is 117 Å². The summed E-state index contributed by atoms with van der Waals surface area (Å²) in [6.45, 7) is 6.97. The number of nitrogens with two attached hydrogens (primary N) is 1. The van der Waals surface area contributed by atoms with Gasteiger partial charge in [0.1, 0.15) is 23.6 Å². The molecule has 1 aliphatic carbocycles. The zero-order valence-corrected chi connectivity index (χ0v) is 21.7. The highest BCUT2D eigenvalue weighted by Gasteiger charge is 2.36. The summed E-state index contributed by atoms with van der Waals surface area (Å²) in [5, 5.41) is 13.8. The van der Waals surface area contributed by atoms with Crippen LogP contribution in [0.25, 0.3) is 0 Å². The molecule has 38 heavy (non-hydrogen) atoms. The van der Waals surface area contributed by atoms with E-state index in [0.717, 1.165) is 25.9 Å². The molecule has 3 atom stereocenters. The fourth-order valence-corrected chi connectivity index (χ4v) is 5.23. The standard InChI is InChI=1S/C27H33F2N7O2/c1-16(2)25-33-27(38-34-25)35-7-5-17(6-8-35)15-37-26-18(11-30)9-20(12-32-26)36-13-22(24(31)14-36)21-10-19(28)3-4-23(21)29/h4,9-10,12,16-17,19,22,24H,3,5-8,13-15,31H2,1-2H3/t19?,22-,24+/m1/s1. The van der Waals surface area contributed by atoms with Crippen molar-refractivity contribution in [1.82, 2.24) is 15.1 Å². The van der Waals surface area contributed by atoms with Crippen molar-refractivity contribution in [3.05, 3.63) is 47.2 Å². The van der Waals surface area contributed by atoms with Crippen LogP contribution in [-0.4, -0.2) is 60.1 Å². The molecule has 2 fully saturated rings. The Morgan fingerprint density at radius 1 is 1.26 bits per heavy atom. The molecule has 5 rings (SSSR count). The molecule has 0 bridgehead atoms. The van der Waals surface area contributed by atoms with Gasteiger partial charge in [-0.2, -0.15) is 10.2 Å². The monoisotopic (exact) mass is 525 g/mol. The molecule has 2 saturated heterocycles. The summed E-state index contributed by atoms with van der Waals surface area (Å²) in [7, 11) is 0. The van der Waals surface area contributed by atoms with Crippen LogP contribution in [0.2, 0.25) is 0 Å². The highest BCUT2D eigenvalue weighted by atomic mass is 19.1. The van der Waals surface area contributed by atoms with E-state index in [1.54, 1.807) is 12.3 Å². The second-order valence-corrected chi connectivity index (χ2v) is 10.6. The zero-order chi connectivity index (χ0) is 26.8. The molecule has 4 heterocycles. The third kappa shape index (κ3) is 5.50. The molecule has 11 heteroatoms. The summed E-state index contributed by atoms with van der Waals surface area (Å²) < 4.78 is 39.6. The smallest absolute Gasteiger partial charge is 0.324 e. The van der Waals surface area contributed by atoms with Gasteiger partial charge < -0.3 is 24.8 Å². The van der Waals surface area contributed by atoms with Crippen molar-refractivity contribution in [1.29, 1.82) is 5.26 Å². The molecule has 0 aromatic carbocycles. The van der Waals surface area contributed by atoms with Crippen LogP contribution < -0.4 is 20.3 Å². The van der Waals surface area contributed by atoms with Crippen molar-refractivity contribution in [2.75, 3.05) is 42.6 Å². The van der Waals surface area contributed by atoms with Gasteiger partial charge in [0.05, 0.1) is 18.5 Å². The Labute approximate surface area is 220 Å². The van der Waals surface area contributed by atoms with Gasteiger partial charge in [0.15, 0.2) is 5.82 Å². The summed E-state index contributed by atoms with van der Waals surface area (Å²) in [4.78, 5) is 12.9. The lowest BCUT2D eigenvalue weighted by molar-refractivity contribution is 0.213. The number of piperidine rings is 1. The molecule has 2 N–H and O–H groups in total. The highest BCUT2D eigenvalue weighted by molar-refractivity contribution is 5.55. The van der Waals surface area contributed by atoms with Gasteiger partial charge in [-0.05, 0) is 42.6 Å². The second-order valence-electron chi connectivity index (χ2n) is 10.6. The largest absolute Gasteiger partial charge is 0.476 e. The van der Waals surface area contributed by atoms with Gasteiger partial charge >= 0.3 is 6.01 Å². The molecule has 0 saturated carbocycles. The molecule has 202 valence electrons. The van der Waals surface area contributed by atoms with Gasteiger partial charge in [0, 0.05) is 50.5 Å². The average Bonchev–Trinajstić information content (AvgIpc) is 3.57. The Morgan fingerprint density at radius 2 is 2.05 bits per heavy atom. The van der Waals surface area contributed by atoms with Crippen LogP contribution in [0.4, 0.5) is 20.5 Å². The van der Waals surface area contributed by atoms with Crippen LogP contribution in [-0.2, 0) is 0 Å². The third-order valence-corrected chi connectivity index (χ3v) is 7.53. The van der Waals surface area contributed by atoms with Crippen molar-refractivity contribution >= 4 is 11.7 Å². The highest BCUT2D eigenvalue weighted by Crippen LogP contribution is 2.35. The second kappa shape index (κ2) is 11.1. The predicted octanol–water partition coefficient (Wildman–Crippen LogP) is 4.04. The number of nitrogens with zero attached hydrogens (tertiary/aromatic N) is 6. The van der Waals surface area contributed by atoms with E-state index in [2.05, 4.69) is 26.1 Å². The van der Waals surface area contributed by atoms with Crippen LogP contribution in [0.5, 0.6) is 5.88 Å². The zero-order valence-electron chi connectivity index (χ0n) is 21.7. The first-order valence-corrected chi connectivity index (χ1v) is 13.2. The predicted molar refractivity (Wildman–Crippen MR) is 138 cm³/mol. The maximum Gasteiger partial charge on any atom is 0.324 e. The van der Waals surface area contributed by atoms with E-state index in [9.17, 15) is 14.0 Å². The van der Waals surface area contributed by atoms with E-state index in [4.69, 9.17) is 15.0 Å². The summed E-state index contributed by atoms with van der Waals surface area (Å²) >= 11 is 0. The summed E-state index contributed by atoms with van der Waals surface area (Å²) in [5.74, 6) is 0.801. The molecule has 3 aliphatic rings. The van der Waals surface area contributed by atoms with Gasteiger partial charge in [-0.15, -0.1) is 0 Å². The first-order valence-electron chi connectivity index (χ1n) is 13.2. The van der Waals surface area contributed by atoms with Crippen molar-refractivity contribution in [2.24, 2.45) is 17.6 Å². The quantitative estimate of drug-likeness (QED) is 0.571. The van der Waals surface area contributed by atoms with Gasteiger partial charge in [-0.25, -0.2) is 13.8 Å². The Bertz CT molecular complexity index is 1250. The number of ether oxygens (including phenoxy) is 1. The van der Waals surface area contributed by atoms with Crippen LogP contribution in [0.3, 0.4) is 0 Å². The lowest BCUT2D eigenvalue weighted by Gasteiger charge is -2.30. The molecular formula is C27H33F2N7O2. The van der Waals surface area contributed by atoms with Crippen LogP contribution >= 0.6 is 0 Å². The number of alkyl halides is 1. The molecule has 1 unspecified atom stereocenters. The first kappa shape index (κ1) is 26.1. The SMILES string of the molecule is CC(C)c1noc(N2CCC(COc3ncc(N4C[C@H](C5=CC(F)CC=C5F)[C@@H](N)C4)cc3C#N)CC2)n1. The summed E-state index contributed by atoms with van der Waals surface area (Å²) in [6.07, 6.45) is 4.92. The van der Waals surface area contributed by atoms with E-state index in [-0.39, 0.29) is 24.3 Å². The molecule has 0 spiro atoms. The molecular weight excluding hydrogens is 492 g/mol. The number of rotatable bonds is 7. The number of pyridine rings is 1. The summed E-state index contributed by atoms with van der Waals surface area (Å²) in [6, 6.07) is 4.10. The number of hydrogen-bond acceptors (Lipinski definition) is 9.